The first-order valence-electron chi connectivity index (χ1n) is 7.32. The fraction of sp³-hybridized carbons (Fsp3) is 0.867. The number of hydrogen-bond donors (Lipinski definition) is 2. The van der Waals surface area contributed by atoms with Crippen LogP contribution in [0.4, 0.5) is 0 Å². The van der Waals surface area contributed by atoms with E-state index in [1.165, 1.54) is 0 Å². The third-order valence-corrected chi connectivity index (χ3v) is 5.12. The van der Waals surface area contributed by atoms with Crippen LogP contribution in [0.3, 0.4) is 0 Å². The van der Waals surface area contributed by atoms with Gasteiger partial charge in [0.2, 0.25) is 12.2 Å². The zero-order valence-corrected chi connectivity index (χ0v) is 11.5. The molecular formula is C15H24N2O2. The van der Waals surface area contributed by atoms with Gasteiger partial charge in [-0.1, -0.05) is 25.7 Å². The molecular weight excluding hydrogens is 240 g/mol. The summed E-state index contributed by atoms with van der Waals surface area (Å²) in [6.45, 7) is 0. The third kappa shape index (κ3) is 5.10. The maximum atomic E-state index is 8.35. The monoisotopic (exact) mass is 264 g/mol. The van der Waals surface area contributed by atoms with Gasteiger partial charge in [-0.2, -0.15) is 0 Å². The molecule has 4 bridgehead atoms. The standard InChI is InChI=1S/C13H22.2CHNO/c1-5-12-6-2-10(1)9-11-3-7-13(12)8-4-11;2*2-1-3/h10-13H,1-9H2;2*2H. The van der Waals surface area contributed by atoms with Crippen LogP contribution < -0.4 is 0 Å². The predicted octanol–water partition coefficient (Wildman–Crippen LogP) is 3.80. The Balaban J connectivity index is 0.000000261. The van der Waals surface area contributed by atoms with E-state index in [0.717, 1.165) is 35.8 Å². The van der Waals surface area contributed by atoms with Gasteiger partial charge in [-0.05, 0) is 55.8 Å². The van der Waals surface area contributed by atoms with Gasteiger partial charge in [0, 0.05) is 0 Å². The Morgan fingerprint density at radius 2 is 0.895 bits per heavy atom. The lowest BCUT2D eigenvalue weighted by atomic mass is 9.73. The minimum Gasteiger partial charge on any atom is -0.222 e. The second kappa shape index (κ2) is 8.79. The molecule has 0 aliphatic heterocycles. The van der Waals surface area contributed by atoms with Crippen LogP contribution in [-0.2, 0) is 9.59 Å². The minimum atomic E-state index is 0.750. The molecule has 0 aromatic rings. The van der Waals surface area contributed by atoms with Crippen molar-refractivity contribution in [2.75, 3.05) is 0 Å². The van der Waals surface area contributed by atoms with Crippen molar-refractivity contribution in [2.24, 2.45) is 23.7 Å². The quantitative estimate of drug-likeness (QED) is 0.515. The van der Waals surface area contributed by atoms with E-state index >= 15 is 0 Å². The molecule has 2 N–H and O–H groups in total. The first-order valence-corrected chi connectivity index (χ1v) is 7.32. The van der Waals surface area contributed by atoms with E-state index in [2.05, 4.69) is 0 Å². The molecule has 6 saturated carbocycles. The molecule has 6 aliphatic carbocycles. The van der Waals surface area contributed by atoms with E-state index in [-0.39, 0.29) is 0 Å². The predicted molar refractivity (Wildman–Crippen MR) is 72.3 cm³/mol. The van der Waals surface area contributed by atoms with Crippen molar-refractivity contribution in [3.05, 3.63) is 0 Å². The number of isocyanates is 2. The highest BCUT2D eigenvalue weighted by atomic mass is 16.1. The summed E-state index contributed by atoms with van der Waals surface area (Å²) < 4.78 is 0. The Morgan fingerprint density at radius 1 is 0.632 bits per heavy atom. The average Bonchev–Trinajstić information content (AvgIpc) is 2.62. The fourth-order valence-electron chi connectivity index (χ4n) is 4.26. The Morgan fingerprint density at radius 3 is 1.16 bits per heavy atom. The van der Waals surface area contributed by atoms with Crippen LogP contribution in [0.2, 0.25) is 0 Å². The Labute approximate surface area is 115 Å². The Kier molecular flexibility index (Phi) is 7.32. The maximum Gasteiger partial charge on any atom is 0.231 e. The van der Waals surface area contributed by atoms with Crippen molar-refractivity contribution in [1.82, 2.24) is 0 Å². The van der Waals surface area contributed by atoms with Gasteiger partial charge in [-0.15, -0.1) is 0 Å². The normalized spacial score (nSPS) is 34.9. The summed E-state index contributed by atoms with van der Waals surface area (Å²) in [5.41, 5.74) is 0. The Hall–Kier alpha value is -1.24. The van der Waals surface area contributed by atoms with Crippen molar-refractivity contribution in [2.45, 2.75) is 57.8 Å². The van der Waals surface area contributed by atoms with Gasteiger partial charge < -0.3 is 0 Å². The van der Waals surface area contributed by atoms with Gasteiger partial charge in [0.15, 0.2) is 0 Å². The lowest BCUT2D eigenvalue weighted by Crippen LogP contribution is -2.21. The molecule has 0 atom stereocenters. The summed E-state index contributed by atoms with van der Waals surface area (Å²) in [6, 6.07) is 0. The number of rotatable bonds is 0. The molecule has 0 saturated heterocycles. The third-order valence-electron chi connectivity index (χ3n) is 5.12. The Bertz CT molecular complexity index is 283. The van der Waals surface area contributed by atoms with Crippen LogP contribution in [-0.4, -0.2) is 12.2 Å². The zero-order valence-electron chi connectivity index (χ0n) is 11.5. The molecule has 0 radical (unpaired) electrons. The van der Waals surface area contributed by atoms with Crippen LogP contribution >= 0.6 is 0 Å². The largest absolute Gasteiger partial charge is 0.231 e. The molecule has 0 unspecified atom stereocenters. The molecule has 6 rings (SSSR count). The molecule has 106 valence electrons. The van der Waals surface area contributed by atoms with E-state index in [9.17, 15) is 0 Å². The number of carbonyl (C=O) groups excluding carboxylic acids is 2. The molecule has 0 amide bonds. The van der Waals surface area contributed by atoms with Crippen LogP contribution in [0.25, 0.3) is 0 Å². The molecule has 4 nitrogen and oxygen atoms in total. The van der Waals surface area contributed by atoms with E-state index < -0.39 is 0 Å². The second-order valence-electron chi connectivity index (χ2n) is 6.00. The lowest BCUT2D eigenvalue weighted by Gasteiger charge is -2.32. The molecule has 0 aromatic carbocycles. The summed E-state index contributed by atoms with van der Waals surface area (Å²) in [5.74, 6) is 4.57. The first kappa shape index (κ1) is 15.8. The van der Waals surface area contributed by atoms with Crippen LogP contribution in [0.15, 0.2) is 0 Å². The van der Waals surface area contributed by atoms with E-state index in [1.54, 1.807) is 57.8 Å². The van der Waals surface area contributed by atoms with Gasteiger partial charge in [-0.25, -0.2) is 20.4 Å². The summed E-state index contributed by atoms with van der Waals surface area (Å²) in [6.07, 6.45) is 15.8. The maximum absolute atomic E-state index is 8.35. The van der Waals surface area contributed by atoms with Crippen LogP contribution in [0, 0.1) is 34.5 Å². The van der Waals surface area contributed by atoms with Gasteiger partial charge >= 0.3 is 0 Å². The first-order chi connectivity index (χ1) is 9.24. The lowest BCUT2D eigenvalue weighted by molar-refractivity contribution is 0.191. The van der Waals surface area contributed by atoms with Gasteiger partial charge in [0.05, 0.1) is 0 Å². The average molecular weight is 264 g/mol. The summed E-state index contributed by atoms with van der Waals surface area (Å²) >= 11 is 0. The zero-order chi connectivity index (χ0) is 14.1. The SMILES string of the molecule is C1CC2CCC1CC1CCC2CC1.N=C=O.N=C=O. The molecule has 4 heteroatoms. The van der Waals surface area contributed by atoms with Crippen molar-refractivity contribution in [3.63, 3.8) is 0 Å². The summed E-state index contributed by atoms with van der Waals surface area (Å²) in [7, 11) is 0. The molecule has 19 heavy (non-hydrogen) atoms. The van der Waals surface area contributed by atoms with Crippen LogP contribution in [0.5, 0.6) is 0 Å². The number of nitrogens with one attached hydrogen (secondary N) is 2. The molecule has 0 spiro atoms. The van der Waals surface area contributed by atoms with Crippen molar-refractivity contribution < 1.29 is 9.59 Å². The van der Waals surface area contributed by atoms with Gasteiger partial charge in [0.1, 0.15) is 0 Å². The highest BCUT2D eigenvalue weighted by Crippen LogP contribution is 2.47. The van der Waals surface area contributed by atoms with Gasteiger partial charge in [0.25, 0.3) is 0 Å². The molecule has 0 heterocycles. The van der Waals surface area contributed by atoms with E-state index in [4.69, 9.17) is 20.4 Å². The summed E-state index contributed by atoms with van der Waals surface area (Å²) in [5, 5.41) is 10.8. The summed E-state index contributed by atoms with van der Waals surface area (Å²) in [4.78, 5) is 16.7. The van der Waals surface area contributed by atoms with Gasteiger partial charge in [-0.3, -0.25) is 0 Å². The van der Waals surface area contributed by atoms with Crippen molar-refractivity contribution in [1.29, 1.82) is 10.8 Å². The smallest absolute Gasteiger partial charge is 0.222 e. The highest BCUT2D eigenvalue weighted by Gasteiger charge is 2.34. The van der Waals surface area contributed by atoms with Crippen molar-refractivity contribution in [3.8, 4) is 0 Å². The fourth-order valence-corrected chi connectivity index (χ4v) is 4.26. The number of hydrogen-bond acceptors (Lipinski definition) is 4. The molecule has 6 fully saturated rings. The van der Waals surface area contributed by atoms with E-state index in [1.807, 2.05) is 0 Å². The second-order valence-corrected chi connectivity index (χ2v) is 6.00. The molecule has 6 aliphatic rings. The van der Waals surface area contributed by atoms with E-state index in [0.29, 0.717) is 0 Å². The minimum absolute atomic E-state index is 0.750. The topological polar surface area (TPSA) is 81.8 Å². The highest BCUT2D eigenvalue weighted by molar-refractivity contribution is 5.26. The van der Waals surface area contributed by atoms with Crippen LogP contribution in [0.1, 0.15) is 57.8 Å². The van der Waals surface area contributed by atoms with Crippen molar-refractivity contribution >= 4 is 12.2 Å². The molecule has 0 aromatic heterocycles.